The molecule has 2 aromatic carbocycles. The lowest BCUT2D eigenvalue weighted by atomic mass is 10.1. The van der Waals surface area contributed by atoms with Crippen LogP contribution in [0, 0.1) is 27.7 Å². The lowest BCUT2D eigenvalue weighted by molar-refractivity contribution is -0.116. The van der Waals surface area contributed by atoms with Gasteiger partial charge in [0.15, 0.2) is 0 Å². The summed E-state index contributed by atoms with van der Waals surface area (Å²) in [5, 5.41) is 8.06. The van der Waals surface area contributed by atoms with Crippen LogP contribution in [0.25, 0.3) is 0 Å². The Hall–Kier alpha value is -3.87. The van der Waals surface area contributed by atoms with Gasteiger partial charge in [-0.25, -0.2) is 4.79 Å². The standard InChI is InChI=1S/C24H26N4O3/c1-15-5-9-19(10-6-15)26-24(31)27-21-12-8-18(4)28(23(21)30)14-22(29)25-20-11-7-16(2)17(3)13-20/h5-13H,14H2,1-4H3,(H,25,29)(H2,26,27,31). The van der Waals surface area contributed by atoms with Crippen molar-refractivity contribution in [1.82, 2.24) is 4.57 Å². The van der Waals surface area contributed by atoms with Crippen LogP contribution in [0.1, 0.15) is 22.4 Å². The molecular formula is C24H26N4O3. The van der Waals surface area contributed by atoms with Crippen LogP contribution in [0.3, 0.4) is 0 Å². The van der Waals surface area contributed by atoms with E-state index in [1.165, 1.54) is 10.6 Å². The number of aromatic nitrogens is 1. The van der Waals surface area contributed by atoms with Crippen LogP contribution < -0.4 is 21.5 Å². The van der Waals surface area contributed by atoms with E-state index in [9.17, 15) is 14.4 Å². The highest BCUT2D eigenvalue weighted by atomic mass is 16.2. The molecule has 1 aromatic heterocycles. The number of carbonyl (C=O) groups excluding carboxylic acids is 2. The number of benzene rings is 2. The maximum atomic E-state index is 12.8. The van der Waals surface area contributed by atoms with E-state index in [0.717, 1.165) is 16.7 Å². The van der Waals surface area contributed by atoms with E-state index in [2.05, 4.69) is 16.0 Å². The molecule has 31 heavy (non-hydrogen) atoms. The van der Waals surface area contributed by atoms with Crippen molar-refractivity contribution in [2.75, 3.05) is 16.0 Å². The molecule has 0 radical (unpaired) electrons. The molecule has 0 bridgehead atoms. The molecule has 3 aromatic rings. The van der Waals surface area contributed by atoms with Crippen LogP contribution in [-0.2, 0) is 11.3 Å². The van der Waals surface area contributed by atoms with Gasteiger partial charge in [-0.15, -0.1) is 0 Å². The van der Waals surface area contributed by atoms with Gasteiger partial charge < -0.3 is 20.5 Å². The lowest BCUT2D eigenvalue weighted by Gasteiger charge is -2.14. The summed E-state index contributed by atoms with van der Waals surface area (Å²) in [5.74, 6) is -0.324. The van der Waals surface area contributed by atoms with Gasteiger partial charge in [-0.2, -0.15) is 0 Å². The van der Waals surface area contributed by atoms with Gasteiger partial charge in [-0.05, 0) is 75.2 Å². The summed E-state index contributed by atoms with van der Waals surface area (Å²) in [6, 6.07) is 15.6. The number of nitrogens with one attached hydrogen (secondary N) is 3. The third kappa shape index (κ3) is 5.60. The summed E-state index contributed by atoms with van der Waals surface area (Å²) >= 11 is 0. The molecule has 3 rings (SSSR count). The molecule has 0 saturated carbocycles. The highest BCUT2D eigenvalue weighted by molar-refractivity contribution is 5.99. The zero-order chi connectivity index (χ0) is 22.5. The predicted octanol–water partition coefficient (Wildman–Crippen LogP) is 4.36. The summed E-state index contributed by atoms with van der Waals surface area (Å²) in [6.45, 7) is 7.50. The van der Waals surface area contributed by atoms with E-state index in [1.807, 2.05) is 51.1 Å². The molecule has 3 N–H and O–H groups in total. The van der Waals surface area contributed by atoms with Crippen molar-refractivity contribution in [3.05, 3.63) is 87.3 Å². The summed E-state index contributed by atoms with van der Waals surface area (Å²) in [6.07, 6.45) is 0. The largest absolute Gasteiger partial charge is 0.325 e. The van der Waals surface area contributed by atoms with Crippen molar-refractivity contribution >= 4 is 29.0 Å². The molecule has 7 heteroatoms. The predicted molar refractivity (Wildman–Crippen MR) is 124 cm³/mol. The fourth-order valence-electron chi connectivity index (χ4n) is 3.05. The number of aryl methyl sites for hydroxylation is 4. The summed E-state index contributed by atoms with van der Waals surface area (Å²) in [7, 11) is 0. The molecule has 0 saturated heterocycles. The van der Waals surface area contributed by atoms with Crippen LogP contribution in [0.5, 0.6) is 0 Å². The highest BCUT2D eigenvalue weighted by Crippen LogP contribution is 2.14. The molecule has 0 atom stereocenters. The number of amides is 3. The van der Waals surface area contributed by atoms with E-state index in [0.29, 0.717) is 17.1 Å². The van der Waals surface area contributed by atoms with E-state index in [1.54, 1.807) is 25.1 Å². The Bertz CT molecular complexity index is 1180. The number of hydrogen-bond donors (Lipinski definition) is 3. The number of pyridine rings is 1. The molecule has 7 nitrogen and oxygen atoms in total. The third-order valence-electron chi connectivity index (χ3n) is 5.04. The number of rotatable bonds is 5. The number of nitrogens with zero attached hydrogens (tertiary/aromatic N) is 1. The molecule has 1 heterocycles. The average Bonchev–Trinajstić information content (AvgIpc) is 2.72. The van der Waals surface area contributed by atoms with Gasteiger partial charge >= 0.3 is 6.03 Å². The van der Waals surface area contributed by atoms with Crippen molar-refractivity contribution in [3.8, 4) is 0 Å². The minimum Gasteiger partial charge on any atom is -0.325 e. The monoisotopic (exact) mass is 418 g/mol. The molecule has 0 aliphatic heterocycles. The van der Waals surface area contributed by atoms with Gasteiger partial charge in [-0.3, -0.25) is 9.59 Å². The smallest absolute Gasteiger partial charge is 0.323 e. The first kappa shape index (κ1) is 21.8. The van der Waals surface area contributed by atoms with Crippen molar-refractivity contribution in [2.24, 2.45) is 0 Å². The van der Waals surface area contributed by atoms with Gasteiger partial charge in [0.05, 0.1) is 0 Å². The quantitative estimate of drug-likeness (QED) is 0.575. The number of anilines is 3. The minimum absolute atomic E-state index is 0.0918. The van der Waals surface area contributed by atoms with E-state index in [4.69, 9.17) is 0 Å². The number of carbonyl (C=O) groups is 2. The fraction of sp³-hybridized carbons (Fsp3) is 0.208. The van der Waals surface area contributed by atoms with Crippen molar-refractivity contribution in [1.29, 1.82) is 0 Å². The van der Waals surface area contributed by atoms with Gasteiger partial charge in [0.2, 0.25) is 5.91 Å². The van der Waals surface area contributed by atoms with Crippen LogP contribution in [0.2, 0.25) is 0 Å². The summed E-state index contributed by atoms with van der Waals surface area (Å²) < 4.78 is 1.33. The SMILES string of the molecule is Cc1ccc(NC(=O)Nc2ccc(C)n(CC(=O)Nc3ccc(C)c(C)c3)c2=O)cc1. The second-order valence-electron chi connectivity index (χ2n) is 7.57. The molecule has 3 amide bonds. The molecule has 0 unspecified atom stereocenters. The zero-order valence-electron chi connectivity index (χ0n) is 18.1. The van der Waals surface area contributed by atoms with Crippen molar-refractivity contribution in [2.45, 2.75) is 34.2 Å². The molecule has 160 valence electrons. The Morgan fingerprint density at radius 2 is 1.45 bits per heavy atom. The Labute approximate surface area is 181 Å². The van der Waals surface area contributed by atoms with Gasteiger partial charge in [0.25, 0.3) is 5.56 Å². The van der Waals surface area contributed by atoms with Crippen LogP contribution in [0.4, 0.5) is 21.9 Å². The van der Waals surface area contributed by atoms with Crippen LogP contribution >= 0.6 is 0 Å². The van der Waals surface area contributed by atoms with E-state index >= 15 is 0 Å². The highest BCUT2D eigenvalue weighted by Gasteiger charge is 2.13. The molecule has 0 fully saturated rings. The van der Waals surface area contributed by atoms with Gasteiger partial charge in [0, 0.05) is 17.1 Å². The van der Waals surface area contributed by atoms with Gasteiger partial charge in [0.1, 0.15) is 12.2 Å². The second-order valence-corrected chi connectivity index (χ2v) is 7.57. The number of hydrogen-bond acceptors (Lipinski definition) is 3. The maximum Gasteiger partial charge on any atom is 0.323 e. The molecule has 0 aliphatic carbocycles. The fourth-order valence-corrected chi connectivity index (χ4v) is 3.05. The Balaban J connectivity index is 1.71. The van der Waals surface area contributed by atoms with Crippen LogP contribution in [-0.4, -0.2) is 16.5 Å². The first-order valence-electron chi connectivity index (χ1n) is 9.95. The van der Waals surface area contributed by atoms with E-state index < -0.39 is 11.6 Å². The molecule has 0 spiro atoms. The van der Waals surface area contributed by atoms with Crippen molar-refractivity contribution < 1.29 is 9.59 Å². The first-order valence-corrected chi connectivity index (χ1v) is 9.95. The zero-order valence-corrected chi connectivity index (χ0v) is 18.1. The Kier molecular flexibility index (Phi) is 6.55. The first-order chi connectivity index (χ1) is 14.7. The minimum atomic E-state index is -0.532. The van der Waals surface area contributed by atoms with Crippen LogP contribution in [0.15, 0.2) is 59.4 Å². The Morgan fingerprint density at radius 1 is 0.774 bits per heavy atom. The van der Waals surface area contributed by atoms with E-state index in [-0.39, 0.29) is 18.1 Å². The van der Waals surface area contributed by atoms with Gasteiger partial charge in [-0.1, -0.05) is 23.8 Å². The summed E-state index contributed by atoms with van der Waals surface area (Å²) in [5.41, 5.74) is 4.82. The summed E-state index contributed by atoms with van der Waals surface area (Å²) in [4.78, 5) is 37.7. The Morgan fingerprint density at radius 3 is 2.13 bits per heavy atom. The third-order valence-corrected chi connectivity index (χ3v) is 5.04. The maximum absolute atomic E-state index is 12.8. The average molecular weight is 418 g/mol. The topological polar surface area (TPSA) is 92.2 Å². The number of urea groups is 1. The normalized spacial score (nSPS) is 10.5. The lowest BCUT2D eigenvalue weighted by Crippen LogP contribution is -2.32. The molecular weight excluding hydrogens is 392 g/mol. The molecule has 0 aliphatic rings. The van der Waals surface area contributed by atoms with Crippen molar-refractivity contribution in [3.63, 3.8) is 0 Å². The second kappa shape index (κ2) is 9.30.